The molecular formula is C11H16Br2. The smallest absolute Gasteiger partial charge is 0.0210 e. The van der Waals surface area contributed by atoms with E-state index in [0.29, 0.717) is 5.92 Å². The van der Waals surface area contributed by atoms with Crippen LogP contribution in [0.15, 0.2) is 27.1 Å². The highest BCUT2D eigenvalue weighted by molar-refractivity contribution is 9.11. The molecule has 0 aromatic heterocycles. The average Bonchev–Trinajstić information content (AvgIpc) is 2.12. The van der Waals surface area contributed by atoms with Crippen molar-refractivity contribution in [2.45, 2.75) is 33.6 Å². The van der Waals surface area contributed by atoms with E-state index in [1.165, 1.54) is 10.0 Å². The first kappa shape index (κ1) is 13.2. The summed E-state index contributed by atoms with van der Waals surface area (Å²) in [5.41, 5.74) is 1.35. The lowest BCUT2D eigenvalue weighted by atomic mass is 10.0. The van der Waals surface area contributed by atoms with Gasteiger partial charge in [0.25, 0.3) is 0 Å². The molecule has 0 bridgehead atoms. The van der Waals surface area contributed by atoms with E-state index in [4.69, 9.17) is 0 Å². The number of halogens is 2. The van der Waals surface area contributed by atoms with E-state index in [-0.39, 0.29) is 0 Å². The Balaban J connectivity index is 0.000000671. The second kappa shape index (κ2) is 6.61. The zero-order chi connectivity index (χ0) is 10.4. The van der Waals surface area contributed by atoms with Crippen molar-refractivity contribution in [1.82, 2.24) is 0 Å². The fourth-order valence-corrected chi connectivity index (χ4v) is 2.04. The number of hydrogen-bond acceptors (Lipinski definition) is 0. The van der Waals surface area contributed by atoms with Gasteiger partial charge in [0, 0.05) is 8.95 Å². The fraction of sp³-hybridized carbons (Fsp3) is 0.455. The van der Waals surface area contributed by atoms with Gasteiger partial charge in [-0.05, 0) is 29.7 Å². The minimum absolute atomic E-state index is 0.571. The van der Waals surface area contributed by atoms with Crippen molar-refractivity contribution < 1.29 is 0 Å². The molecule has 0 heterocycles. The summed E-state index contributed by atoms with van der Waals surface area (Å²) in [7, 11) is 0. The standard InChI is InChI=1S/C9H10Br2.C2H6/c1-6(2)8-5-7(10)3-4-9(8)11;1-2/h3-6H,1-2H3;1-2H3. The second-order valence-electron chi connectivity index (χ2n) is 2.82. The molecule has 1 rings (SSSR count). The highest BCUT2D eigenvalue weighted by Crippen LogP contribution is 2.27. The Kier molecular flexibility index (Phi) is 6.70. The number of rotatable bonds is 1. The first-order valence-corrected chi connectivity index (χ1v) is 6.15. The van der Waals surface area contributed by atoms with Crippen LogP contribution in [0.2, 0.25) is 0 Å². The van der Waals surface area contributed by atoms with Crippen LogP contribution in [0.5, 0.6) is 0 Å². The monoisotopic (exact) mass is 306 g/mol. The molecule has 0 nitrogen and oxygen atoms in total. The Bertz CT molecular complexity index is 254. The van der Waals surface area contributed by atoms with Gasteiger partial charge in [0.05, 0.1) is 0 Å². The van der Waals surface area contributed by atoms with Gasteiger partial charge in [-0.3, -0.25) is 0 Å². The summed E-state index contributed by atoms with van der Waals surface area (Å²) in [5, 5.41) is 0. The SMILES string of the molecule is CC.CC(C)c1cc(Br)ccc1Br. The number of benzene rings is 1. The van der Waals surface area contributed by atoms with E-state index in [9.17, 15) is 0 Å². The molecule has 0 aliphatic carbocycles. The lowest BCUT2D eigenvalue weighted by molar-refractivity contribution is 0.860. The molecule has 0 saturated carbocycles. The molecule has 0 fully saturated rings. The highest BCUT2D eigenvalue weighted by atomic mass is 79.9. The van der Waals surface area contributed by atoms with Crippen molar-refractivity contribution in [3.8, 4) is 0 Å². The van der Waals surface area contributed by atoms with Crippen LogP contribution in [0.1, 0.15) is 39.2 Å². The molecule has 0 saturated heterocycles. The molecule has 1 aromatic rings. The quantitative estimate of drug-likeness (QED) is 0.655. The third kappa shape index (κ3) is 4.28. The number of hydrogen-bond donors (Lipinski definition) is 0. The van der Waals surface area contributed by atoms with Crippen LogP contribution in [0.3, 0.4) is 0 Å². The lowest BCUT2D eigenvalue weighted by Gasteiger charge is -2.07. The van der Waals surface area contributed by atoms with E-state index in [2.05, 4.69) is 57.8 Å². The molecule has 0 unspecified atom stereocenters. The van der Waals surface area contributed by atoms with Gasteiger partial charge in [-0.2, -0.15) is 0 Å². The molecule has 0 radical (unpaired) electrons. The summed E-state index contributed by atoms with van der Waals surface area (Å²) in [6.45, 7) is 8.37. The molecule has 2 heteroatoms. The molecule has 74 valence electrons. The summed E-state index contributed by atoms with van der Waals surface area (Å²) in [6, 6.07) is 6.25. The van der Waals surface area contributed by atoms with Crippen molar-refractivity contribution in [3.05, 3.63) is 32.7 Å². The van der Waals surface area contributed by atoms with E-state index >= 15 is 0 Å². The van der Waals surface area contributed by atoms with Gasteiger partial charge in [-0.15, -0.1) is 0 Å². The first-order valence-electron chi connectivity index (χ1n) is 4.56. The first-order chi connectivity index (χ1) is 6.11. The van der Waals surface area contributed by atoms with Crippen LogP contribution in [-0.4, -0.2) is 0 Å². The van der Waals surface area contributed by atoms with Crippen LogP contribution in [0, 0.1) is 0 Å². The van der Waals surface area contributed by atoms with Crippen molar-refractivity contribution in [2.75, 3.05) is 0 Å². The van der Waals surface area contributed by atoms with Crippen LogP contribution >= 0.6 is 31.9 Å². The fourth-order valence-electron chi connectivity index (χ4n) is 0.957. The van der Waals surface area contributed by atoms with Crippen molar-refractivity contribution in [2.24, 2.45) is 0 Å². The topological polar surface area (TPSA) is 0 Å². The van der Waals surface area contributed by atoms with Gasteiger partial charge in [-0.1, -0.05) is 59.6 Å². The Morgan fingerprint density at radius 3 is 2.00 bits per heavy atom. The van der Waals surface area contributed by atoms with Gasteiger partial charge in [0.15, 0.2) is 0 Å². The normalized spacial score (nSPS) is 9.46. The molecule has 0 atom stereocenters. The molecule has 0 aliphatic heterocycles. The largest absolute Gasteiger partial charge is 0.0683 e. The summed E-state index contributed by atoms with van der Waals surface area (Å²) in [5.74, 6) is 0.571. The Labute approximate surface area is 98.0 Å². The minimum atomic E-state index is 0.571. The molecule has 0 spiro atoms. The maximum Gasteiger partial charge on any atom is 0.0210 e. The Morgan fingerprint density at radius 2 is 1.62 bits per heavy atom. The van der Waals surface area contributed by atoms with E-state index < -0.39 is 0 Å². The van der Waals surface area contributed by atoms with Gasteiger partial charge in [0.1, 0.15) is 0 Å². The van der Waals surface area contributed by atoms with Crippen molar-refractivity contribution in [1.29, 1.82) is 0 Å². The van der Waals surface area contributed by atoms with Gasteiger partial charge >= 0.3 is 0 Å². The zero-order valence-electron chi connectivity index (χ0n) is 8.57. The molecule has 0 aliphatic rings. The van der Waals surface area contributed by atoms with Crippen LogP contribution in [0.4, 0.5) is 0 Å². The predicted molar refractivity (Wildman–Crippen MR) is 67.3 cm³/mol. The predicted octanol–water partition coefficient (Wildman–Crippen LogP) is 5.36. The van der Waals surface area contributed by atoms with Crippen molar-refractivity contribution in [3.63, 3.8) is 0 Å². The summed E-state index contributed by atoms with van der Waals surface area (Å²) < 4.78 is 2.33. The third-order valence-electron chi connectivity index (χ3n) is 1.58. The molecule has 13 heavy (non-hydrogen) atoms. The third-order valence-corrected chi connectivity index (χ3v) is 2.80. The minimum Gasteiger partial charge on any atom is -0.0683 e. The van der Waals surface area contributed by atoms with E-state index in [1.54, 1.807) is 0 Å². The molecule has 0 N–H and O–H groups in total. The zero-order valence-corrected chi connectivity index (χ0v) is 11.7. The Morgan fingerprint density at radius 1 is 1.08 bits per heavy atom. The summed E-state index contributed by atoms with van der Waals surface area (Å²) in [4.78, 5) is 0. The molecule has 1 aromatic carbocycles. The van der Waals surface area contributed by atoms with Crippen LogP contribution in [0.25, 0.3) is 0 Å². The maximum atomic E-state index is 3.51. The van der Waals surface area contributed by atoms with Gasteiger partial charge in [0.2, 0.25) is 0 Å². The van der Waals surface area contributed by atoms with E-state index in [1.807, 2.05) is 19.9 Å². The Hall–Kier alpha value is 0.180. The van der Waals surface area contributed by atoms with Crippen molar-refractivity contribution >= 4 is 31.9 Å². The molecule has 0 amide bonds. The summed E-state index contributed by atoms with van der Waals surface area (Å²) >= 11 is 6.95. The van der Waals surface area contributed by atoms with Crippen LogP contribution < -0.4 is 0 Å². The average molecular weight is 308 g/mol. The summed E-state index contributed by atoms with van der Waals surface area (Å²) in [6.07, 6.45) is 0. The van der Waals surface area contributed by atoms with Gasteiger partial charge < -0.3 is 0 Å². The van der Waals surface area contributed by atoms with E-state index in [0.717, 1.165) is 4.47 Å². The maximum absolute atomic E-state index is 3.51. The van der Waals surface area contributed by atoms with Gasteiger partial charge in [-0.25, -0.2) is 0 Å². The van der Waals surface area contributed by atoms with Crippen LogP contribution in [-0.2, 0) is 0 Å². The highest BCUT2D eigenvalue weighted by Gasteiger charge is 2.03. The second-order valence-corrected chi connectivity index (χ2v) is 4.59. The lowest BCUT2D eigenvalue weighted by Crippen LogP contribution is -1.88. The molecular weight excluding hydrogens is 292 g/mol.